The van der Waals surface area contributed by atoms with Gasteiger partial charge in [-0.1, -0.05) is 48.5 Å². The zero-order valence-electron chi connectivity index (χ0n) is 13.3. The molecule has 2 aromatic rings. The first-order valence-electron chi connectivity index (χ1n) is 8.16. The molecule has 0 amide bonds. The molecule has 23 heavy (non-hydrogen) atoms. The normalized spacial score (nSPS) is 16.7. The minimum absolute atomic E-state index is 0.0775. The number of nitrogens with one attached hydrogen (secondary N) is 1. The molecule has 0 bridgehead atoms. The molecule has 0 unspecified atom stereocenters. The van der Waals surface area contributed by atoms with Gasteiger partial charge in [-0.25, -0.2) is 0 Å². The minimum atomic E-state index is 0.0775. The van der Waals surface area contributed by atoms with Crippen LogP contribution >= 0.6 is 0 Å². The number of ether oxygens (including phenoxy) is 1. The van der Waals surface area contributed by atoms with Crippen LogP contribution in [0.4, 0.5) is 0 Å². The molecule has 1 aliphatic rings. The Kier molecular flexibility index (Phi) is 5.07. The Bertz CT molecular complexity index is 670. The summed E-state index contributed by atoms with van der Waals surface area (Å²) in [6, 6.07) is 20.6. The molecule has 2 aromatic carbocycles. The first kappa shape index (κ1) is 15.7. The van der Waals surface area contributed by atoms with E-state index >= 15 is 0 Å². The number of hydrogen-bond donors (Lipinski definition) is 1. The van der Waals surface area contributed by atoms with E-state index < -0.39 is 0 Å². The SMILES string of the molecule is N#Cc1ccccc1COCC1(c2ccccc2)CCNCC1. The summed E-state index contributed by atoms with van der Waals surface area (Å²) >= 11 is 0. The van der Waals surface area contributed by atoms with Crippen LogP contribution in [0.3, 0.4) is 0 Å². The van der Waals surface area contributed by atoms with Gasteiger partial charge in [0, 0.05) is 5.41 Å². The first-order valence-corrected chi connectivity index (χ1v) is 8.16. The Labute approximate surface area is 137 Å². The Morgan fingerprint density at radius 3 is 2.43 bits per heavy atom. The van der Waals surface area contributed by atoms with Crippen LogP contribution < -0.4 is 5.32 Å². The van der Waals surface area contributed by atoms with Gasteiger partial charge < -0.3 is 10.1 Å². The molecule has 1 N–H and O–H groups in total. The fourth-order valence-corrected chi connectivity index (χ4v) is 3.32. The van der Waals surface area contributed by atoms with E-state index in [4.69, 9.17) is 4.74 Å². The lowest BCUT2D eigenvalue weighted by molar-refractivity contribution is 0.0564. The van der Waals surface area contributed by atoms with Gasteiger partial charge in [-0.15, -0.1) is 0 Å². The van der Waals surface area contributed by atoms with E-state index in [0.717, 1.165) is 31.5 Å². The van der Waals surface area contributed by atoms with Crippen LogP contribution in [0.1, 0.15) is 29.5 Å². The molecule has 0 atom stereocenters. The van der Waals surface area contributed by atoms with Crippen molar-refractivity contribution in [2.75, 3.05) is 19.7 Å². The second kappa shape index (κ2) is 7.41. The lowest BCUT2D eigenvalue weighted by atomic mass is 9.74. The first-order chi connectivity index (χ1) is 11.3. The summed E-state index contributed by atoms with van der Waals surface area (Å²) in [6.45, 7) is 3.23. The molecule has 0 radical (unpaired) electrons. The third-order valence-electron chi connectivity index (χ3n) is 4.72. The molecule has 0 aromatic heterocycles. The van der Waals surface area contributed by atoms with Crippen LogP contribution in [-0.2, 0) is 16.8 Å². The van der Waals surface area contributed by atoms with E-state index in [1.54, 1.807) is 0 Å². The molecule has 118 valence electrons. The van der Waals surface area contributed by atoms with Crippen molar-refractivity contribution in [1.82, 2.24) is 5.32 Å². The Morgan fingerprint density at radius 2 is 1.70 bits per heavy atom. The summed E-state index contributed by atoms with van der Waals surface area (Å²) in [4.78, 5) is 0. The maximum absolute atomic E-state index is 9.18. The van der Waals surface area contributed by atoms with Gasteiger partial charge in [0.05, 0.1) is 24.8 Å². The quantitative estimate of drug-likeness (QED) is 0.921. The zero-order valence-corrected chi connectivity index (χ0v) is 13.3. The molecular weight excluding hydrogens is 284 g/mol. The number of piperidine rings is 1. The highest BCUT2D eigenvalue weighted by Crippen LogP contribution is 2.34. The monoisotopic (exact) mass is 306 g/mol. The van der Waals surface area contributed by atoms with E-state index in [1.165, 1.54) is 5.56 Å². The van der Waals surface area contributed by atoms with E-state index in [-0.39, 0.29) is 5.41 Å². The van der Waals surface area contributed by atoms with Gasteiger partial charge in [0.1, 0.15) is 0 Å². The molecule has 1 saturated heterocycles. The third kappa shape index (κ3) is 3.61. The highest BCUT2D eigenvalue weighted by atomic mass is 16.5. The lowest BCUT2D eigenvalue weighted by Crippen LogP contribution is -2.43. The lowest BCUT2D eigenvalue weighted by Gasteiger charge is -2.38. The smallest absolute Gasteiger partial charge is 0.0995 e. The molecule has 0 aliphatic carbocycles. The van der Waals surface area contributed by atoms with Crippen molar-refractivity contribution in [2.24, 2.45) is 0 Å². The number of benzene rings is 2. The number of nitriles is 1. The van der Waals surface area contributed by atoms with Crippen LogP contribution in [0.15, 0.2) is 54.6 Å². The summed E-state index contributed by atoms with van der Waals surface area (Å²) in [5.41, 5.74) is 3.10. The van der Waals surface area contributed by atoms with E-state index in [9.17, 15) is 5.26 Å². The maximum atomic E-state index is 9.18. The van der Waals surface area contributed by atoms with Gasteiger partial charge in [-0.3, -0.25) is 0 Å². The predicted octanol–water partition coefficient (Wildman–Crippen LogP) is 3.40. The average molecular weight is 306 g/mol. The summed E-state index contributed by atoms with van der Waals surface area (Å²) in [7, 11) is 0. The van der Waals surface area contributed by atoms with Gasteiger partial charge in [0.15, 0.2) is 0 Å². The average Bonchev–Trinajstić information content (AvgIpc) is 2.64. The zero-order chi connectivity index (χ0) is 16.0. The van der Waals surface area contributed by atoms with Crippen LogP contribution in [-0.4, -0.2) is 19.7 Å². The standard InChI is InChI=1S/C20H22N2O/c21-14-17-6-4-5-7-18(17)15-23-16-20(10-12-22-13-11-20)19-8-2-1-3-9-19/h1-9,22H,10-13,15-16H2. The van der Waals surface area contributed by atoms with E-state index in [2.05, 4.69) is 41.7 Å². The Hall–Kier alpha value is -2.15. The van der Waals surface area contributed by atoms with Crippen LogP contribution in [0, 0.1) is 11.3 Å². The number of rotatable bonds is 5. The van der Waals surface area contributed by atoms with Crippen molar-refractivity contribution in [3.8, 4) is 6.07 Å². The topological polar surface area (TPSA) is 45.0 Å². The van der Waals surface area contributed by atoms with Crippen molar-refractivity contribution >= 4 is 0 Å². The molecule has 0 spiro atoms. The van der Waals surface area contributed by atoms with Crippen LogP contribution in [0.5, 0.6) is 0 Å². The summed E-state index contributed by atoms with van der Waals surface area (Å²) in [6.07, 6.45) is 2.16. The highest BCUT2D eigenvalue weighted by Gasteiger charge is 2.34. The van der Waals surface area contributed by atoms with E-state index in [0.29, 0.717) is 18.8 Å². The molecule has 1 heterocycles. The summed E-state index contributed by atoms with van der Waals surface area (Å²) < 4.78 is 6.08. The molecule has 3 heteroatoms. The molecule has 1 aliphatic heterocycles. The summed E-state index contributed by atoms with van der Waals surface area (Å²) in [5.74, 6) is 0. The second-order valence-electron chi connectivity index (χ2n) is 6.16. The fraction of sp³-hybridized carbons (Fsp3) is 0.350. The van der Waals surface area contributed by atoms with Gasteiger partial charge >= 0.3 is 0 Å². The van der Waals surface area contributed by atoms with Gasteiger partial charge in [0.2, 0.25) is 0 Å². The Balaban J connectivity index is 1.72. The van der Waals surface area contributed by atoms with Crippen LogP contribution in [0.2, 0.25) is 0 Å². The fourth-order valence-electron chi connectivity index (χ4n) is 3.32. The van der Waals surface area contributed by atoms with Gasteiger partial charge in [0.25, 0.3) is 0 Å². The van der Waals surface area contributed by atoms with Crippen molar-refractivity contribution in [1.29, 1.82) is 5.26 Å². The minimum Gasteiger partial charge on any atom is -0.376 e. The molecular formula is C20H22N2O. The van der Waals surface area contributed by atoms with Crippen molar-refractivity contribution in [3.05, 3.63) is 71.3 Å². The molecule has 0 saturated carbocycles. The predicted molar refractivity (Wildman–Crippen MR) is 91.0 cm³/mol. The largest absolute Gasteiger partial charge is 0.376 e. The van der Waals surface area contributed by atoms with Crippen molar-refractivity contribution < 1.29 is 4.74 Å². The molecule has 1 fully saturated rings. The molecule has 3 nitrogen and oxygen atoms in total. The number of nitrogens with zero attached hydrogens (tertiary/aromatic N) is 1. The van der Waals surface area contributed by atoms with E-state index in [1.807, 2.05) is 24.3 Å². The van der Waals surface area contributed by atoms with Gasteiger partial charge in [-0.2, -0.15) is 5.26 Å². The van der Waals surface area contributed by atoms with Crippen LogP contribution in [0.25, 0.3) is 0 Å². The molecule has 3 rings (SSSR count). The highest BCUT2D eigenvalue weighted by molar-refractivity contribution is 5.36. The van der Waals surface area contributed by atoms with Crippen molar-refractivity contribution in [3.63, 3.8) is 0 Å². The van der Waals surface area contributed by atoms with Crippen molar-refractivity contribution in [2.45, 2.75) is 24.9 Å². The number of hydrogen-bond acceptors (Lipinski definition) is 3. The Morgan fingerprint density at radius 1 is 1.00 bits per heavy atom. The van der Waals surface area contributed by atoms with Gasteiger partial charge in [-0.05, 0) is 43.1 Å². The maximum Gasteiger partial charge on any atom is 0.0995 e. The second-order valence-corrected chi connectivity index (χ2v) is 6.16. The summed E-state index contributed by atoms with van der Waals surface area (Å²) in [5, 5.41) is 12.6. The third-order valence-corrected chi connectivity index (χ3v) is 4.72.